The number of nitrogens with one attached hydrogen (secondary N) is 1. The summed E-state index contributed by atoms with van der Waals surface area (Å²) in [6.07, 6.45) is 0.145. The molecule has 0 aromatic carbocycles. The lowest BCUT2D eigenvalue weighted by Gasteiger charge is -2.00. The Morgan fingerprint density at radius 2 is 2.23 bits per heavy atom. The Bertz CT molecular complexity index is 776. The first-order valence-corrected chi connectivity index (χ1v) is 7.61. The molecule has 3 heterocycles. The molecule has 8 heteroatoms. The highest BCUT2D eigenvalue weighted by Gasteiger charge is 2.15. The summed E-state index contributed by atoms with van der Waals surface area (Å²) in [6, 6.07) is 1.93. The van der Waals surface area contributed by atoms with Gasteiger partial charge in [-0.05, 0) is 25.3 Å². The van der Waals surface area contributed by atoms with Gasteiger partial charge in [-0.15, -0.1) is 0 Å². The third kappa shape index (κ3) is 3.22. The van der Waals surface area contributed by atoms with E-state index in [1.807, 2.05) is 16.8 Å². The molecule has 1 N–H and O–H groups in total. The van der Waals surface area contributed by atoms with E-state index in [0.717, 1.165) is 5.56 Å². The van der Waals surface area contributed by atoms with Crippen molar-refractivity contribution in [2.75, 3.05) is 0 Å². The molecule has 0 saturated heterocycles. The first-order chi connectivity index (χ1) is 10.6. The molecule has 22 heavy (non-hydrogen) atoms. The van der Waals surface area contributed by atoms with Crippen molar-refractivity contribution in [2.24, 2.45) is 0 Å². The van der Waals surface area contributed by atoms with Crippen LogP contribution in [0.3, 0.4) is 0 Å². The lowest BCUT2D eigenvalue weighted by molar-refractivity contribution is -0.120. The van der Waals surface area contributed by atoms with Gasteiger partial charge in [0.05, 0.1) is 18.7 Å². The van der Waals surface area contributed by atoms with Crippen molar-refractivity contribution >= 4 is 17.2 Å². The van der Waals surface area contributed by atoms with E-state index in [4.69, 9.17) is 8.94 Å². The Morgan fingerprint density at radius 3 is 2.91 bits per heavy atom. The summed E-state index contributed by atoms with van der Waals surface area (Å²) < 4.78 is 10.5. The van der Waals surface area contributed by atoms with Gasteiger partial charge >= 0.3 is 0 Å². The second kappa shape index (κ2) is 6.10. The number of nitrogens with zero attached hydrogens (tertiary/aromatic N) is 3. The van der Waals surface area contributed by atoms with Gasteiger partial charge < -0.3 is 14.3 Å². The Kier molecular flexibility index (Phi) is 4.01. The van der Waals surface area contributed by atoms with Crippen LogP contribution < -0.4 is 5.32 Å². The lowest BCUT2D eigenvalue weighted by Crippen LogP contribution is -2.25. The molecular weight excluding hydrogens is 304 g/mol. The molecule has 0 aliphatic rings. The van der Waals surface area contributed by atoms with E-state index in [1.165, 1.54) is 0 Å². The Hall–Kier alpha value is -2.48. The number of carbonyl (C=O) groups excluding carboxylic acids is 1. The van der Waals surface area contributed by atoms with E-state index in [0.29, 0.717) is 29.1 Å². The van der Waals surface area contributed by atoms with E-state index < -0.39 is 0 Å². The molecule has 7 nitrogen and oxygen atoms in total. The molecule has 0 saturated carbocycles. The van der Waals surface area contributed by atoms with E-state index in [9.17, 15) is 4.79 Å². The van der Waals surface area contributed by atoms with Crippen molar-refractivity contribution in [2.45, 2.75) is 26.8 Å². The van der Waals surface area contributed by atoms with E-state index in [2.05, 4.69) is 20.4 Å². The molecule has 0 aliphatic heterocycles. The maximum atomic E-state index is 12.0. The third-order valence-corrected chi connectivity index (χ3v) is 3.68. The van der Waals surface area contributed by atoms with Crippen LogP contribution in [-0.4, -0.2) is 21.0 Å². The van der Waals surface area contributed by atoms with Crippen LogP contribution in [0, 0.1) is 13.8 Å². The quantitative estimate of drug-likeness (QED) is 0.775. The average Bonchev–Trinajstić information content (AvgIpc) is 3.19. The van der Waals surface area contributed by atoms with Gasteiger partial charge in [-0.25, -0.2) is 4.98 Å². The van der Waals surface area contributed by atoms with E-state index in [-0.39, 0.29) is 18.9 Å². The second-order valence-corrected chi connectivity index (χ2v) is 5.50. The highest BCUT2D eigenvalue weighted by Crippen LogP contribution is 2.23. The van der Waals surface area contributed by atoms with Crippen molar-refractivity contribution in [3.05, 3.63) is 40.0 Å². The fourth-order valence-corrected chi connectivity index (χ4v) is 2.53. The van der Waals surface area contributed by atoms with Gasteiger partial charge in [0.15, 0.2) is 5.82 Å². The minimum absolute atomic E-state index is 0.145. The number of oxazole rings is 1. The molecule has 0 radical (unpaired) electrons. The molecule has 114 valence electrons. The van der Waals surface area contributed by atoms with Gasteiger partial charge in [-0.3, -0.25) is 4.79 Å². The zero-order valence-corrected chi connectivity index (χ0v) is 12.9. The molecule has 3 aromatic rings. The molecule has 0 fully saturated rings. The summed E-state index contributed by atoms with van der Waals surface area (Å²) in [4.78, 5) is 20.4. The summed E-state index contributed by atoms with van der Waals surface area (Å²) in [6.45, 7) is 3.72. The zero-order valence-electron chi connectivity index (χ0n) is 12.1. The van der Waals surface area contributed by atoms with Crippen LogP contribution in [-0.2, 0) is 17.8 Å². The van der Waals surface area contributed by atoms with Crippen molar-refractivity contribution in [1.29, 1.82) is 0 Å². The highest BCUT2D eigenvalue weighted by molar-refractivity contribution is 7.08. The third-order valence-electron chi connectivity index (χ3n) is 3.00. The van der Waals surface area contributed by atoms with Crippen LogP contribution in [0.2, 0.25) is 0 Å². The van der Waals surface area contributed by atoms with Crippen LogP contribution >= 0.6 is 11.3 Å². The van der Waals surface area contributed by atoms with Crippen LogP contribution in [0.5, 0.6) is 0 Å². The fourth-order valence-electron chi connectivity index (χ4n) is 1.90. The van der Waals surface area contributed by atoms with E-state index in [1.54, 1.807) is 25.2 Å². The number of rotatable bonds is 5. The Balaban J connectivity index is 1.61. The van der Waals surface area contributed by atoms with Gasteiger partial charge in [0.25, 0.3) is 0 Å². The maximum absolute atomic E-state index is 12.0. The summed E-state index contributed by atoms with van der Waals surface area (Å²) in [5.41, 5.74) is 1.54. The molecule has 0 atom stereocenters. The van der Waals surface area contributed by atoms with Crippen molar-refractivity contribution in [3.63, 3.8) is 0 Å². The topological polar surface area (TPSA) is 94.1 Å². The van der Waals surface area contributed by atoms with Crippen LogP contribution in [0.15, 0.2) is 25.8 Å². The molecule has 0 unspecified atom stereocenters. The first-order valence-electron chi connectivity index (χ1n) is 6.66. The SMILES string of the molecule is Cc1noc(CNC(=O)Cc2nc(-c3ccsc3)oc2C)n1. The number of hydrogen-bond donors (Lipinski definition) is 1. The highest BCUT2D eigenvalue weighted by atomic mass is 32.1. The number of thiophene rings is 1. The molecule has 0 spiro atoms. The minimum atomic E-state index is -0.177. The molecule has 3 aromatic heterocycles. The average molecular weight is 318 g/mol. The number of amides is 1. The minimum Gasteiger partial charge on any atom is -0.441 e. The number of carbonyl (C=O) groups is 1. The summed E-state index contributed by atoms with van der Waals surface area (Å²) >= 11 is 1.57. The van der Waals surface area contributed by atoms with Crippen molar-refractivity contribution in [1.82, 2.24) is 20.4 Å². The smallest absolute Gasteiger partial charge is 0.246 e. The molecule has 0 bridgehead atoms. The van der Waals surface area contributed by atoms with Crippen LogP contribution in [0.1, 0.15) is 23.2 Å². The Labute approximate surface area is 130 Å². The first kappa shape index (κ1) is 14.5. The van der Waals surface area contributed by atoms with Crippen LogP contribution in [0.25, 0.3) is 11.5 Å². The van der Waals surface area contributed by atoms with Gasteiger partial charge in [0, 0.05) is 10.9 Å². The predicted octanol–water partition coefficient (Wildman–Crippen LogP) is 2.26. The second-order valence-electron chi connectivity index (χ2n) is 4.72. The van der Waals surface area contributed by atoms with Gasteiger partial charge in [0.1, 0.15) is 5.76 Å². The lowest BCUT2D eigenvalue weighted by atomic mass is 10.2. The summed E-state index contributed by atoms with van der Waals surface area (Å²) in [5, 5.41) is 10.3. The standard InChI is InChI=1S/C14H14N4O3S/c1-8-11(17-14(20-8)10-3-4-22-7-10)5-12(19)15-6-13-16-9(2)18-21-13/h3-4,7H,5-6H2,1-2H3,(H,15,19). The molecular formula is C14H14N4O3S. The van der Waals surface area contributed by atoms with Gasteiger partial charge in [0.2, 0.25) is 17.7 Å². The van der Waals surface area contributed by atoms with E-state index >= 15 is 0 Å². The number of aromatic nitrogens is 3. The number of aryl methyl sites for hydroxylation is 2. The Morgan fingerprint density at radius 1 is 1.36 bits per heavy atom. The van der Waals surface area contributed by atoms with Crippen LogP contribution in [0.4, 0.5) is 0 Å². The zero-order chi connectivity index (χ0) is 15.5. The normalized spacial score (nSPS) is 10.8. The predicted molar refractivity (Wildman–Crippen MR) is 79.1 cm³/mol. The van der Waals surface area contributed by atoms with Crippen molar-refractivity contribution < 1.29 is 13.7 Å². The van der Waals surface area contributed by atoms with Gasteiger partial charge in [-0.1, -0.05) is 5.16 Å². The van der Waals surface area contributed by atoms with Crippen molar-refractivity contribution in [3.8, 4) is 11.5 Å². The molecule has 3 rings (SSSR count). The maximum Gasteiger partial charge on any atom is 0.246 e. The molecule has 0 aliphatic carbocycles. The molecule has 1 amide bonds. The fraction of sp³-hybridized carbons (Fsp3) is 0.286. The summed E-state index contributed by atoms with van der Waals surface area (Å²) in [5.74, 6) is 1.92. The summed E-state index contributed by atoms with van der Waals surface area (Å²) in [7, 11) is 0. The monoisotopic (exact) mass is 318 g/mol. The van der Waals surface area contributed by atoms with Gasteiger partial charge in [-0.2, -0.15) is 16.3 Å². The number of hydrogen-bond acceptors (Lipinski definition) is 7. The largest absolute Gasteiger partial charge is 0.441 e.